The molecule has 1 aromatic heterocycles. The fourth-order valence-corrected chi connectivity index (χ4v) is 2.34. The highest BCUT2D eigenvalue weighted by Crippen LogP contribution is 2.24. The second kappa shape index (κ2) is 7.40. The van der Waals surface area contributed by atoms with Gasteiger partial charge in [-0.3, -0.25) is 0 Å². The zero-order chi connectivity index (χ0) is 13.5. The summed E-state index contributed by atoms with van der Waals surface area (Å²) in [6.07, 6.45) is 2.71. The predicted octanol–water partition coefficient (Wildman–Crippen LogP) is 1.73. The van der Waals surface area contributed by atoms with Crippen LogP contribution in [0, 0.1) is 0 Å². The standard InChI is InChI=1S/C14H24N4O/c1-3-18(4-2)7-6-15-14-9-13(16-11-17-14)12-5-8-19-10-12/h9,11-12H,3-8,10H2,1-2H3,(H,15,16,17). The molecule has 1 aliphatic rings. The second-order valence-electron chi connectivity index (χ2n) is 4.84. The Balaban J connectivity index is 1.84. The van der Waals surface area contributed by atoms with Gasteiger partial charge in [0.15, 0.2) is 0 Å². The maximum Gasteiger partial charge on any atom is 0.129 e. The first-order valence-corrected chi connectivity index (χ1v) is 7.19. The van der Waals surface area contributed by atoms with Gasteiger partial charge in [-0.25, -0.2) is 9.97 Å². The number of rotatable bonds is 7. The van der Waals surface area contributed by atoms with E-state index in [1.807, 2.05) is 0 Å². The van der Waals surface area contributed by atoms with Crippen LogP contribution in [0.4, 0.5) is 5.82 Å². The van der Waals surface area contributed by atoms with Crippen molar-refractivity contribution >= 4 is 5.82 Å². The number of likely N-dealkylation sites (N-methyl/N-ethyl adjacent to an activating group) is 1. The van der Waals surface area contributed by atoms with Gasteiger partial charge in [-0.15, -0.1) is 0 Å². The van der Waals surface area contributed by atoms with Crippen LogP contribution in [0.5, 0.6) is 0 Å². The number of hydrogen-bond donors (Lipinski definition) is 1. The van der Waals surface area contributed by atoms with Crippen molar-refractivity contribution in [3.63, 3.8) is 0 Å². The van der Waals surface area contributed by atoms with E-state index >= 15 is 0 Å². The summed E-state index contributed by atoms with van der Waals surface area (Å²) >= 11 is 0. The third-order valence-electron chi connectivity index (χ3n) is 3.66. The Morgan fingerprint density at radius 2 is 2.21 bits per heavy atom. The summed E-state index contributed by atoms with van der Waals surface area (Å²) in [5.41, 5.74) is 1.10. The van der Waals surface area contributed by atoms with Gasteiger partial charge >= 0.3 is 0 Å². The first kappa shape index (κ1) is 14.2. The predicted molar refractivity (Wildman–Crippen MR) is 76.5 cm³/mol. The van der Waals surface area contributed by atoms with Crippen molar-refractivity contribution in [3.05, 3.63) is 18.1 Å². The molecule has 0 spiro atoms. The van der Waals surface area contributed by atoms with Gasteiger partial charge in [0.25, 0.3) is 0 Å². The quantitative estimate of drug-likeness (QED) is 0.813. The Morgan fingerprint density at radius 3 is 2.89 bits per heavy atom. The van der Waals surface area contributed by atoms with E-state index in [1.165, 1.54) is 0 Å². The van der Waals surface area contributed by atoms with Gasteiger partial charge in [0, 0.05) is 31.7 Å². The topological polar surface area (TPSA) is 50.3 Å². The number of anilines is 1. The lowest BCUT2D eigenvalue weighted by molar-refractivity contribution is 0.193. The van der Waals surface area contributed by atoms with E-state index in [0.29, 0.717) is 5.92 Å². The van der Waals surface area contributed by atoms with Crippen molar-refractivity contribution in [1.29, 1.82) is 0 Å². The highest BCUT2D eigenvalue weighted by Gasteiger charge is 2.19. The third kappa shape index (κ3) is 4.14. The lowest BCUT2D eigenvalue weighted by Crippen LogP contribution is -2.28. The first-order chi connectivity index (χ1) is 9.33. The zero-order valence-electron chi connectivity index (χ0n) is 11.9. The number of nitrogens with one attached hydrogen (secondary N) is 1. The molecule has 5 heteroatoms. The third-order valence-corrected chi connectivity index (χ3v) is 3.66. The molecule has 1 aromatic rings. The Morgan fingerprint density at radius 1 is 1.37 bits per heavy atom. The summed E-state index contributed by atoms with van der Waals surface area (Å²) < 4.78 is 5.41. The largest absolute Gasteiger partial charge is 0.381 e. The summed E-state index contributed by atoms with van der Waals surface area (Å²) in [5, 5.41) is 3.37. The molecule has 1 fully saturated rings. The molecule has 1 aliphatic heterocycles. The molecule has 1 N–H and O–H groups in total. The average molecular weight is 264 g/mol. The van der Waals surface area contributed by atoms with Crippen LogP contribution in [0.3, 0.4) is 0 Å². The average Bonchev–Trinajstić information content (AvgIpc) is 2.98. The fraction of sp³-hybridized carbons (Fsp3) is 0.714. The Kier molecular flexibility index (Phi) is 5.54. The van der Waals surface area contributed by atoms with Crippen molar-refractivity contribution in [2.24, 2.45) is 0 Å². The van der Waals surface area contributed by atoms with Gasteiger partial charge < -0.3 is 15.0 Å². The molecular weight excluding hydrogens is 240 g/mol. The van der Waals surface area contributed by atoms with Gasteiger partial charge in [0.2, 0.25) is 0 Å². The molecule has 1 unspecified atom stereocenters. The van der Waals surface area contributed by atoms with E-state index < -0.39 is 0 Å². The molecule has 0 bridgehead atoms. The Bertz CT molecular complexity index is 375. The molecule has 5 nitrogen and oxygen atoms in total. The molecular formula is C14H24N4O. The van der Waals surface area contributed by atoms with E-state index in [4.69, 9.17) is 4.74 Å². The van der Waals surface area contributed by atoms with Crippen LogP contribution in [0.1, 0.15) is 31.9 Å². The summed E-state index contributed by atoms with van der Waals surface area (Å²) in [4.78, 5) is 11.0. The Hall–Kier alpha value is -1.20. The monoisotopic (exact) mass is 264 g/mol. The van der Waals surface area contributed by atoms with Crippen LogP contribution >= 0.6 is 0 Å². The highest BCUT2D eigenvalue weighted by atomic mass is 16.5. The minimum absolute atomic E-state index is 0.436. The van der Waals surface area contributed by atoms with Crippen molar-refractivity contribution in [2.45, 2.75) is 26.2 Å². The van der Waals surface area contributed by atoms with Crippen LogP contribution in [0.25, 0.3) is 0 Å². The molecule has 106 valence electrons. The molecule has 2 heterocycles. The van der Waals surface area contributed by atoms with Crippen LogP contribution in [0.15, 0.2) is 12.4 Å². The first-order valence-electron chi connectivity index (χ1n) is 7.19. The smallest absolute Gasteiger partial charge is 0.129 e. The van der Waals surface area contributed by atoms with Crippen molar-refractivity contribution < 1.29 is 4.74 Å². The molecule has 0 amide bonds. The molecule has 19 heavy (non-hydrogen) atoms. The van der Waals surface area contributed by atoms with Gasteiger partial charge in [-0.1, -0.05) is 13.8 Å². The van der Waals surface area contributed by atoms with Crippen molar-refractivity contribution in [1.82, 2.24) is 14.9 Å². The van der Waals surface area contributed by atoms with Gasteiger partial charge in [0.1, 0.15) is 12.1 Å². The van der Waals surface area contributed by atoms with Crippen LogP contribution in [-0.4, -0.2) is 54.3 Å². The molecule has 0 saturated carbocycles. The second-order valence-corrected chi connectivity index (χ2v) is 4.84. The Labute approximate surface area is 115 Å². The minimum atomic E-state index is 0.436. The summed E-state index contributed by atoms with van der Waals surface area (Å²) in [7, 11) is 0. The lowest BCUT2D eigenvalue weighted by Gasteiger charge is -2.18. The van der Waals surface area contributed by atoms with Crippen molar-refractivity contribution in [2.75, 3.05) is 44.7 Å². The van der Waals surface area contributed by atoms with Crippen LogP contribution in [-0.2, 0) is 4.74 Å². The summed E-state index contributed by atoms with van der Waals surface area (Å²) in [6, 6.07) is 2.06. The SMILES string of the molecule is CCN(CC)CCNc1cc(C2CCOC2)ncn1. The number of hydrogen-bond acceptors (Lipinski definition) is 5. The van der Waals surface area contributed by atoms with E-state index in [-0.39, 0.29) is 0 Å². The normalized spacial score (nSPS) is 19.0. The fourth-order valence-electron chi connectivity index (χ4n) is 2.34. The zero-order valence-corrected chi connectivity index (χ0v) is 11.9. The maximum atomic E-state index is 5.41. The molecule has 2 rings (SSSR count). The summed E-state index contributed by atoms with van der Waals surface area (Å²) in [6.45, 7) is 10.1. The van der Waals surface area contributed by atoms with Gasteiger partial charge in [0.05, 0.1) is 12.3 Å². The van der Waals surface area contributed by atoms with Gasteiger partial charge in [-0.2, -0.15) is 0 Å². The molecule has 0 aromatic carbocycles. The minimum Gasteiger partial charge on any atom is -0.381 e. The summed E-state index contributed by atoms with van der Waals surface area (Å²) in [5.74, 6) is 1.36. The van der Waals surface area contributed by atoms with E-state index in [0.717, 1.165) is 57.3 Å². The maximum absolute atomic E-state index is 5.41. The molecule has 1 atom stereocenters. The van der Waals surface area contributed by atoms with Crippen molar-refractivity contribution in [3.8, 4) is 0 Å². The molecule has 1 saturated heterocycles. The number of ether oxygens (including phenoxy) is 1. The number of aromatic nitrogens is 2. The van der Waals surface area contributed by atoms with Crippen LogP contribution in [0.2, 0.25) is 0 Å². The number of nitrogens with zero attached hydrogens (tertiary/aromatic N) is 3. The lowest BCUT2D eigenvalue weighted by atomic mass is 10.1. The van der Waals surface area contributed by atoms with Gasteiger partial charge in [-0.05, 0) is 19.5 Å². The van der Waals surface area contributed by atoms with Crippen LogP contribution < -0.4 is 5.32 Å². The van der Waals surface area contributed by atoms with E-state index in [1.54, 1.807) is 6.33 Å². The van der Waals surface area contributed by atoms with E-state index in [9.17, 15) is 0 Å². The highest BCUT2D eigenvalue weighted by molar-refractivity contribution is 5.35. The van der Waals surface area contributed by atoms with E-state index in [2.05, 4.69) is 40.1 Å². The molecule has 0 aliphatic carbocycles. The molecule has 0 radical (unpaired) electrons.